The molecule has 0 saturated carbocycles. The lowest BCUT2D eigenvalue weighted by atomic mass is 10.2. The van der Waals surface area contributed by atoms with Crippen molar-refractivity contribution in [2.24, 2.45) is 0 Å². The molecule has 0 fully saturated rings. The third kappa shape index (κ3) is 5.84. The Morgan fingerprint density at radius 1 is 1.00 bits per heavy atom. The van der Waals surface area contributed by atoms with Gasteiger partial charge in [-0.2, -0.15) is 0 Å². The first-order valence-corrected chi connectivity index (χ1v) is 7.91. The van der Waals surface area contributed by atoms with Crippen molar-refractivity contribution in [2.45, 2.75) is 13.0 Å². The molecule has 6 heteroatoms. The van der Waals surface area contributed by atoms with Crippen molar-refractivity contribution in [1.82, 2.24) is 4.90 Å². The molecule has 0 aromatic heterocycles. The highest BCUT2D eigenvalue weighted by Gasteiger charge is 2.19. The predicted molar refractivity (Wildman–Crippen MR) is 95.9 cm³/mol. The number of benzene rings is 2. The molecule has 2 rings (SSSR count). The van der Waals surface area contributed by atoms with Gasteiger partial charge in [-0.15, -0.1) is 0 Å². The van der Waals surface area contributed by atoms with Gasteiger partial charge in [0.1, 0.15) is 5.75 Å². The zero-order valence-corrected chi connectivity index (χ0v) is 14.6. The molecule has 0 bridgehead atoms. The quantitative estimate of drug-likeness (QED) is 0.784. The van der Waals surface area contributed by atoms with Crippen LogP contribution in [0.25, 0.3) is 0 Å². The van der Waals surface area contributed by atoms with Crippen LogP contribution in [0.4, 0.5) is 11.4 Å². The van der Waals surface area contributed by atoms with Crippen LogP contribution in [-0.2, 0) is 14.3 Å². The molecule has 0 unspecified atom stereocenters. The van der Waals surface area contributed by atoms with E-state index in [1.54, 1.807) is 26.2 Å². The highest BCUT2D eigenvalue weighted by molar-refractivity contribution is 5.83. The number of rotatable bonds is 7. The molecule has 6 nitrogen and oxygen atoms in total. The van der Waals surface area contributed by atoms with E-state index in [1.807, 2.05) is 42.5 Å². The van der Waals surface area contributed by atoms with E-state index in [-0.39, 0.29) is 12.5 Å². The minimum atomic E-state index is -0.830. The summed E-state index contributed by atoms with van der Waals surface area (Å²) in [4.78, 5) is 24.7. The van der Waals surface area contributed by atoms with Crippen LogP contribution < -0.4 is 10.1 Å². The fraction of sp³-hybridized carbons (Fsp3) is 0.263. The Hall–Kier alpha value is -3.02. The van der Waals surface area contributed by atoms with Crippen LogP contribution in [0, 0.1) is 0 Å². The van der Waals surface area contributed by atoms with Crippen LogP contribution in [0.2, 0.25) is 0 Å². The molecule has 2 aromatic carbocycles. The molecule has 0 radical (unpaired) electrons. The number of anilines is 2. The van der Waals surface area contributed by atoms with Gasteiger partial charge in [-0.3, -0.25) is 4.79 Å². The molecule has 0 heterocycles. The van der Waals surface area contributed by atoms with Crippen molar-refractivity contribution in [2.75, 3.05) is 26.0 Å². The van der Waals surface area contributed by atoms with E-state index in [9.17, 15) is 9.59 Å². The number of nitrogens with one attached hydrogen (secondary N) is 1. The van der Waals surface area contributed by atoms with Crippen molar-refractivity contribution in [3.05, 3.63) is 54.6 Å². The van der Waals surface area contributed by atoms with Gasteiger partial charge < -0.3 is 19.7 Å². The van der Waals surface area contributed by atoms with E-state index in [4.69, 9.17) is 9.47 Å². The molecule has 1 amide bonds. The third-order valence-electron chi connectivity index (χ3n) is 3.37. The molecule has 25 heavy (non-hydrogen) atoms. The molecular formula is C19H22N2O4. The number of carbonyl (C=O) groups excluding carboxylic acids is 2. The summed E-state index contributed by atoms with van der Waals surface area (Å²) in [6.07, 6.45) is -0.830. The number of hydrogen-bond acceptors (Lipinski definition) is 5. The van der Waals surface area contributed by atoms with Gasteiger partial charge in [0.15, 0.2) is 12.7 Å². The molecule has 0 aliphatic rings. The van der Waals surface area contributed by atoms with E-state index < -0.39 is 12.1 Å². The second-order valence-corrected chi connectivity index (χ2v) is 5.67. The van der Waals surface area contributed by atoms with Gasteiger partial charge in [0.2, 0.25) is 0 Å². The lowest BCUT2D eigenvalue weighted by Gasteiger charge is -2.17. The molecule has 0 spiro atoms. The lowest BCUT2D eigenvalue weighted by molar-refractivity contribution is -0.159. The summed E-state index contributed by atoms with van der Waals surface area (Å²) < 4.78 is 10.4. The van der Waals surface area contributed by atoms with Gasteiger partial charge in [-0.25, -0.2) is 4.79 Å². The summed E-state index contributed by atoms with van der Waals surface area (Å²) in [6.45, 7) is 1.28. The van der Waals surface area contributed by atoms with Crippen molar-refractivity contribution in [1.29, 1.82) is 0 Å². The highest BCUT2D eigenvalue weighted by atomic mass is 16.6. The Labute approximate surface area is 147 Å². The zero-order valence-electron chi connectivity index (χ0n) is 14.6. The number of nitrogens with zero attached hydrogens (tertiary/aromatic N) is 1. The number of para-hydroxylation sites is 1. The van der Waals surface area contributed by atoms with Crippen LogP contribution >= 0.6 is 0 Å². The number of ether oxygens (including phenoxy) is 2. The summed E-state index contributed by atoms with van der Waals surface area (Å²) in [5.74, 6) is -0.318. The average Bonchev–Trinajstić information content (AvgIpc) is 2.61. The molecular weight excluding hydrogens is 320 g/mol. The molecule has 0 aliphatic carbocycles. The number of esters is 1. The van der Waals surface area contributed by atoms with E-state index in [0.29, 0.717) is 5.75 Å². The van der Waals surface area contributed by atoms with Gasteiger partial charge in [0.25, 0.3) is 5.91 Å². The molecule has 0 saturated heterocycles. The van der Waals surface area contributed by atoms with Gasteiger partial charge in [-0.05, 0) is 43.3 Å². The van der Waals surface area contributed by atoms with Crippen LogP contribution in [0.3, 0.4) is 0 Å². The van der Waals surface area contributed by atoms with E-state index in [1.165, 1.54) is 11.8 Å². The van der Waals surface area contributed by atoms with Crippen molar-refractivity contribution in [3.63, 3.8) is 0 Å². The monoisotopic (exact) mass is 342 g/mol. The fourth-order valence-electron chi connectivity index (χ4n) is 2.11. The summed E-state index contributed by atoms with van der Waals surface area (Å²) in [5, 5.41) is 3.26. The van der Waals surface area contributed by atoms with Gasteiger partial charge >= 0.3 is 5.97 Å². The zero-order chi connectivity index (χ0) is 18.2. The second kappa shape index (κ2) is 8.73. The number of carbonyl (C=O) groups is 2. The maximum absolute atomic E-state index is 11.7. The Morgan fingerprint density at radius 2 is 1.60 bits per heavy atom. The minimum absolute atomic E-state index is 0.253. The maximum Gasteiger partial charge on any atom is 0.344 e. The third-order valence-corrected chi connectivity index (χ3v) is 3.37. The first-order valence-electron chi connectivity index (χ1n) is 7.91. The highest BCUT2D eigenvalue weighted by Crippen LogP contribution is 2.19. The summed E-state index contributed by atoms with van der Waals surface area (Å²) in [6, 6.07) is 17.0. The van der Waals surface area contributed by atoms with Gasteiger partial charge in [0.05, 0.1) is 0 Å². The maximum atomic E-state index is 11.7. The van der Waals surface area contributed by atoms with Crippen molar-refractivity contribution < 1.29 is 19.1 Å². The lowest BCUT2D eigenvalue weighted by Crippen LogP contribution is -2.35. The normalized spacial score (nSPS) is 11.3. The molecule has 0 aliphatic heterocycles. The standard InChI is InChI=1S/C19H22N2O4/c1-14(19(23)21(2)3)25-18(22)13-24-17-11-9-16(10-12-17)20-15-7-5-4-6-8-15/h4-12,14,20H,13H2,1-3H3/t14-/m1/s1. The summed E-state index contributed by atoms with van der Waals surface area (Å²) in [7, 11) is 3.21. The van der Waals surface area contributed by atoms with E-state index in [0.717, 1.165) is 11.4 Å². The second-order valence-electron chi connectivity index (χ2n) is 5.67. The summed E-state index contributed by atoms with van der Waals surface area (Å²) >= 11 is 0. The Balaban J connectivity index is 1.81. The number of amides is 1. The minimum Gasteiger partial charge on any atom is -0.482 e. The molecule has 1 N–H and O–H groups in total. The Kier molecular flexibility index (Phi) is 6.39. The average molecular weight is 342 g/mol. The largest absolute Gasteiger partial charge is 0.482 e. The molecule has 1 atom stereocenters. The van der Waals surface area contributed by atoms with Crippen LogP contribution in [0.5, 0.6) is 5.75 Å². The van der Waals surface area contributed by atoms with Crippen LogP contribution in [0.15, 0.2) is 54.6 Å². The first-order chi connectivity index (χ1) is 12.0. The van der Waals surface area contributed by atoms with Crippen LogP contribution in [0.1, 0.15) is 6.92 Å². The van der Waals surface area contributed by atoms with Crippen molar-refractivity contribution in [3.8, 4) is 5.75 Å². The summed E-state index contributed by atoms with van der Waals surface area (Å²) in [5.41, 5.74) is 1.89. The molecule has 132 valence electrons. The molecule has 2 aromatic rings. The Morgan fingerprint density at radius 3 is 2.20 bits per heavy atom. The Bertz CT molecular complexity index is 699. The first kappa shape index (κ1) is 18.3. The van der Waals surface area contributed by atoms with Crippen molar-refractivity contribution >= 4 is 23.3 Å². The topological polar surface area (TPSA) is 67.9 Å². The van der Waals surface area contributed by atoms with Gasteiger partial charge in [-0.1, -0.05) is 18.2 Å². The van der Waals surface area contributed by atoms with Crippen LogP contribution in [-0.4, -0.2) is 43.6 Å². The SMILES string of the molecule is C[C@@H](OC(=O)COc1ccc(Nc2ccccc2)cc1)C(=O)N(C)C. The van der Waals surface area contributed by atoms with E-state index >= 15 is 0 Å². The van der Waals surface area contributed by atoms with Gasteiger partial charge in [0, 0.05) is 25.5 Å². The predicted octanol–water partition coefficient (Wildman–Crippen LogP) is 2.83. The smallest absolute Gasteiger partial charge is 0.344 e. The number of hydrogen-bond donors (Lipinski definition) is 1. The fourth-order valence-corrected chi connectivity index (χ4v) is 2.11. The van der Waals surface area contributed by atoms with E-state index in [2.05, 4.69) is 5.32 Å². The number of likely N-dealkylation sites (N-methyl/N-ethyl adjacent to an activating group) is 1.